The molecule has 0 saturated carbocycles. The predicted molar refractivity (Wildman–Crippen MR) is 94.3 cm³/mol. The van der Waals surface area contributed by atoms with Crippen molar-refractivity contribution in [1.82, 2.24) is 4.72 Å². The first-order chi connectivity index (χ1) is 11.9. The van der Waals surface area contributed by atoms with Crippen LogP contribution in [0.4, 0.5) is 5.69 Å². The molecule has 1 saturated heterocycles. The number of hydrogen-bond donors (Lipinski definition) is 2. The van der Waals surface area contributed by atoms with Gasteiger partial charge in [-0.15, -0.1) is 0 Å². The highest BCUT2D eigenvalue weighted by atomic mass is 32.2. The third-order valence-corrected chi connectivity index (χ3v) is 6.47. The smallest absolute Gasteiger partial charge is 0.335 e. The second-order valence-corrected chi connectivity index (χ2v) is 8.12. The average molecular weight is 358 g/mol. The minimum Gasteiger partial charge on any atom is -0.478 e. The summed E-state index contributed by atoms with van der Waals surface area (Å²) >= 11 is 0. The summed E-state index contributed by atoms with van der Waals surface area (Å²) in [6.45, 7) is 2.56. The number of sulfonamides is 1. The second kappa shape index (κ2) is 5.57. The number of nitrogens with one attached hydrogen (secondary N) is 1. The first kappa shape index (κ1) is 16.1. The minimum absolute atomic E-state index is 0.166. The monoisotopic (exact) mass is 358 g/mol. The second-order valence-electron chi connectivity index (χ2n) is 6.44. The van der Waals surface area contributed by atoms with E-state index in [2.05, 4.69) is 9.62 Å². The summed E-state index contributed by atoms with van der Waals surface area (Å²) in [5, 5.41) is 9.30. The number of carboxylic acid groups (broad SMARTS) is 1. The van der Waals surface area contributed by atoms with Crippen LogP contribution in [0.1, 0.15) is 28.8 Å². The lowest BCUT2D eigenvalue weighted by atomic mass is 9.96. The molecule has 2 aliphatic rings. The van der Waals surface area contributed by atoms with Gasteiger partial charge in [0.15, 0.2) is 0 Å². The molecule has 0 bridgehead atoms. The molecule has 2 N–H and O–H groups in total. The van der Waals surface area contributed by atoms with E-state index in [0.29, 0.717) is 11.1 Å². The van der Waals surface area contributed by atoms with Crippen LogP contribution in [0.25, 0.3) is 11.1 Å². The summed E-state index contributed by atoms with van der Waals surface area (Å²) in [7, 11) is -3.57. The third-order valence-electron chi connectivity index (χ3n) is 4.98. The third kappa shape index (κ3) is 2.51. The van der Waals surface area contributed by atoms with E-state index in [1.165, 1.54) is 0 Å². The fraction of sp³-hybridized carbons (Fsp3) is 0.278. The number of benzene rings is 2. The summed E-state index contributed by atoms with van der Waals surface area (Å²) in [4.78, 5) is 13.7. The van der Waals surface area contributed by atoms with E-state index in [0.717, 1.165) is 30.6 Å². The maximum absolute atomic E-state index is 12.6. The Kier molecular flexibility index (Phi) is 3.59. The molecule has 25 heavy (non-hydrogen) atoms. The van der Waals surface area contributed by atoms with E-state index in [-0.39, 0.29) is 16.6 Å². The first-order valence-corrected chi connectivity index (χ1v) is 9.63. The highest BCUT2D eigenvalue weighted by molar-refractivity contribution is 7.89. The van der Waals surface area contributed by atoms with Gasteiger partial charge < -0.3 is 10.0 Å². The van der Waals surface area contributed by atoms with Gasteiger partial charge in [-0.25, -0.2) is 13.2 Å². The molecule has 130 valence electrons. The van der Waals surface area contributed by atoms with Crippen LogP contribution in [0.5, 0.6) is 0 Å². The van der Waals surface area contributed by atoms with Crippen LogP contribution in [-0.4, -0.2) is 32.2 Å². The van der Waals surface area contributed by atoms with E-state index >= 15 is 0 Å². The van der Waals surface area contributed by atoms with Crippen LogP contribution in [0, 0.1) is 6.92 Å². The molecule has 4 rings (SSSR count). The van der Waals surface area contributed by atoms with Gasteiger partial charge in [-0.3, -0.25) is 0 Å². The molecule has 1 atom stereocenters. The number of fused-ring (bicyclic) bond motifs is 3. The standard InChI is InChI=1S/C18H18N2O4S/c1-11-13(4-2-5-14(11)18(21)22)12-7-8-15-16(10-12)25(23,24)19-17-6-3-9-20(15)17/h2,4-5,7-8,10,17,19H,3,6,9H2,1H3,(H,21,22). The zero-order chi connectivity index (χ0) is 17.8. The van der Waals surface area contributed by atoms with Crippen molar-refractivity contribution in [2.24, 2.45) is 0 Å². The number of anilines is 1. The van der Waals surface area contributed by atoms with Gasteiger partial charge in [-0.05, 0) is 54.7 Å². The highest BCUT2D eigenvalue weighted by Gasteiger charge is 2.37. The molecule has 0 spiro atoms. The fourth-order valence-corrected chi connectivity index (χ4v) is 5.21. The van der Waals surface area contributed by atoms with E-state index in [1.54, 1.807) is 25.1 Å². The molecule has 2 heterocycles. The van der Waals surface area contributed by atoms with Crippen molar-refractivity contribution in [2.75, 3.05) is 11.4 Å². The zero-order valence-corrected chi connectivity index (χ0v) is 14.5. The van der Waals surface area contributed by atoms with Crippen molar-refractivity contribution in [2.45, 2.75) is 30.8 Å². The van der Waals surface area contributed by atoms with Gasteiger partial charge in [0.1, 0.15) is 4.90 Å². The summed E-state index contributed by atoms with van der Waals surface area (Å²) in [5.74, 6) is -0.994. The Labute approximate surface area is 146 Å². The van der Waals surface area contributed by atoms with Crippen molar-refractivity contribution >= 4 is 21.7 Å². The van der Waals surface area contributed by atoms with Crippen LogP contribution in [0.2, 0.25) is 0 Å². The Morgan fingerprint density at radius 3 is 2.84 bits per heavy atom. The van der Waals surface area contributed by atoms with Crippen molar-refractivity contribution in [1.29, 1.82) is 0 Å². The van der Waals surface area contributed by atoms with Gasteiger partial charge in [0.25, 0.3) is 0 Å². The maximum Gasteiger partial charge on any atom is 0.335 e. The molecule has 2 aromatic carbocycles. The molecule has 2 aliphatic heterocycles. The Morgan fingerprint density at radius 1 is 1.28 bits per heavy atom. The Balaban J connectivity index is 1.88. The SMILES string of the molecule is Cc1c(C(=O)O)cccc1-c1ccc2c(c1)S(=O)(=O)NC1CCCN21. The topological polar surface area (TPSA) is 86.7 Å². The quantitative estimate of drug-likeness (QED) is 0.862. The average Bonchev–Trinajstić information content (AvgIpc) is 3.02. The number of rotatable bonds is 2. The molecule has 1 fully saturated rings. The molecule has 0 radical (unpaired) electrons. The number of carboxylic acids is 1. The molecule has 7 heteroatoms. The highest BCUT2D eigenvalue weighted by Crippen LogP contribution is 2.38. The van der Waals surface area contributed by atoms with Crippen LogP contribution in [0.15, 0.2) is 41.3 Å². The van der Waals surface area contributed by atoms with Gasteiger partial charge in [0.2, 0.25) is 10.0 Å². The summed E-state index contributed by atoms with van der Waals surface area (Å²) in [6.07, 6.45) is 1.59. The Morgan fingerprint density at radius 2 is 2.08 bits per heavy atom. The fourth-order valence-electron chi connectivity index (χ4n) is 3.73. The molecule has 0 amide bonds. The van der Waals surface area contributed by atoms with Crippen molar-refractivity contribution in [3.63, 3.8) is 0 Å². The van der Waals surface area contributed by atoms with Crippen molar-refractivity contribution in [3.05, 3.63) is 47.5 Å². The maximum atomic E-state index is 12.6. The Hall–Kier alpha value is -2.38. The lowest BCUT2D eigenvalue weighted by Gasteiger charge is -2.34. The minimum atomic E-state index is -3.57. The molecular weight excluding hydrogens is 340 g/mol. The summed E-state index contributed by atoms with van der Waals surface area (Å²) in [6, 6.07) is 10.4. The normalized spacial score (nSPS) is 20.8. The van der Waals surface area contributed by atoms with E-state index in [1.807, 2.05) is 18.2 Å². The molecule has 2 aromatic rings. The van der Waals surface area contributed by atoms with Gasteiger partial charge in [-0.2, -0.15) is 4.72 Å². The van der Waals surface area contributed by atoms with Crippen molar-refractivity contribution in [3.8, 4) is 11.1 Å². The van der Waals surface area contributed by atoms with Crippen molar-refractivity contribution < 1.29 is 18.3 Å². The molecule has 6 nitrogen and oxygen atoms in total. The number of aromatic carboxylic acids is 1. The van der Waals surface area contributed by atoms with Gasteiger partial charge >= 0.3 is 5.97 Å². The van der Waals surface area contributed by atoms with E-state index < -0.39 is 16.0 Å². The molecule has 1 unspecified atom stereocenters. The van der Waals surface area contributed by atoms with Gasteiger partial charge in [0.05, 0.1) is 17.4 Å². The van der Waals surface area contributed by atoms with Crippen LogP contribution in [-0.2, 0) is 10.0 Å². The zero-order valence-electron chi connectivity index (χ0n) is 13.7. The lowest BCUT2D eigenvalue weighted by molar-refractivity contribution is 0.0696. The first-order valence-electron chi connectivity index (χ1n) is 8.15. The van der Waals surface area contributed by atoms with Crippen LogP contribution in [0.3, 0.4) is 0 Å². The number of hydrogen-bond acceptors (Lipinski definition) is 4. The number of nitrogens with zero attached hydrogens (tertiary/aromatic N) is 1. The Bertz CT molecular complexity index is 985. The lowest BCUT2D eigenvalue weighted by Crippen LogP contribution is -2.48. The summed E-state index contributed by atoms with van der Waals surface area (Å²) < 4.78 is 28.0. The molecular formula is C18H18N2O4S. The predicted octanol–water partition coefficient (Wildman–Crippen LogP) is 2.58. The number of carbonyl (C=O) groups is 1. The summed E-state index contributed by atoms with van der Waals surface area (Å²) in [5.41, 5.74) is 2.98. The largest absolute Gasteiger partial charge is 0.478 e. The van der Waals surface area contributed by atoms with Crippen LogP contribution < -0.4 is 9.62 Å². The van der Waals surface area contributed by atoms with Crippen LogP contribution >= 0.6 is 0 Å². The van der Waals surface area contributed by atoms with E-state index in [9.17, 15) is 18.3 Å². The van der Waals surface area contributed by atoms with Gasteiger partial charge in [0, 0.05) is 6.54 Å². The molecule has 0 aromatic heterocycles. The molecule has 0 aliphatic carbocycles. The van der Waals surface area contributed by atoms with E-state index in [4.69, 9.17) is 0 Å². The van der Waals surface area contributed by atoms with Gasteiger partial charge in [-0.1, -0.05) is 18.2 Å².